The van der Waals surface area contributed by atoms with E-state index in [4.69, 9.17) is 10.5 Å². The third kappa shape index (κ3) is 5.64. The molecule has 1 amide bonds. The van der Waals surface area contributed by atoms with Gasteiger partial charge in [0, 0.05) is 6.07 Å². The van der Waals surface area contributed by atoms with Crippen molar-refractivity contribution in [2.24, 2.45) is 0 Å². The normalized spacial score (nSPS) is 17.8. The van der Waals surface area contributed by atoms with Gasteiger partial charge in [0.2, 0.25) is 5.82 Å². The van der Waals surface area contributed by atoms with E-state index >= 15 is 4.39 Å². The van der Waals surface area contributed by atoms with Gasteiger partial charge in [-0.3, -0.25) is 0 Å². The zero-order valence-corrected chi connectivity index (χ0v) is 25.7. The Bertz CT molecular complexity index is 1830. The zero-order chi connectivity index (χ0) is 31.0. The predicted molar refractivity (Wildman–Crippen MR) is 158 cm³/mol. The summed E-state index contributed by atoms with van der Waals surface area (Å²) in [5.74, 6) is -3.61. The number of likely N-dealkylation sites (tertiary alicyclic amines) is 1. The molecule has 0 bridgehead atoms. The van der Waals surface area contributed by atoms with Crippen molar-refractivity contribution in [1.82, 2.24) is 24.6 Å². The molecule has 9 nitrogen and oxygen atoms in total. The summed E-state index contributed by atoms with van der Waals surface area (Å²) in [6.45, 7) is 2.91. The number of nitrogens with two attached hydrogens (primary N) is 1. The number of rotatable bonds is 9. The Labute approximate surface area is 258 Å². The number of carbonyl (C=O) groups is 1. The van der Waals surface area contributed by atoms with Gasteiger partial charge in [0.05, 0.1) is 0 Å². The predicted octanol–water partition coefficient (Wildman–Crippen LogP) is 5.82. The molecule has 1 radical (unpaired) electrons. The maximum absolute atomic E-state index is 15.5. The van der Waals surface area contributed by atoms with Crippen LogP contribution in [-0.2, 0) is 11.3 Å². The molecule has 2 aliphatic rings. The number of carbonyl (C=O) groups excluding carboxylic acids is 1. The molecular weight excluding hydrogens is 634 g/mol. The number of aromatic nitrogens is 4. The average molecular weight is 663 g/mol. The minimum atomic E-state index is -1.18. The first kappa shape index (κ1) is 29.7. The van der Waals surface area contributed by atoms with E-state index < -0.39 is 17.5 Å². The van der Waals surface area contributed by atoms with Crippen LogP contribution in [0.2, 0.25) is 9.41 Å². The van der Waals surface area contributed by atoms with Crippen LogP contribution in [0.15, 0.2) is 54.4 Å². The Morgan fingerprint density at radius 3 is 2.77 bits per heavy atom. The Morgan fingerprint density at radius 2 is 2.05 bits per heavy atom. The number of fused-ring (bicyclic) bond motifs is 1. The number of nitrogens with zero attached hydrogens (tertiary/aromatic N) is 6. The van der Waals surface area contributed by atoms with Gasteiger partial charge in [-0.25, -0.2) is 8.78 Å². The topological polar surface area (TPSA) is 123 Å². The van der Waals surface area contributed by atoms with E-state index in [1.54, 1.807) is 9.58 Å². The SMILES string of the molecule is CC[As]C1(C=C(C#N)C(=O)N2CCC[C@H]2Cn2nc(-c3ccc(Oc4cccc(F)c4F)cc3F)c3c(N)ncnc32)CC1. The van der Waals surface area contributed by atoms with Gasteiger partial charge in [-0.1, -0.05) is 6.07 Å². The van der Waals surface area contributed by atoms with Crippen LogP contribution in [0.25, 0.3) is 22.3 Å². The van der Waals surface area contributed by atoms with Crippen LogP contribution < -0.4 is 10.5 Å². The van der Waals surface area contributed by atoms with E-state index in [0.29, 0.717) is 24.0 Å². The number of amides is 1. The first-order valence-electron chi connectivity index (χ1n) is 14.2. The van der Waals surface area contributed by atoms with Crippen molar-refractivity contribution in [2.75, 3.05) is 12.3 Å². The number of allylic oxidation sites excluding steroid dienone is 1. The number of benzene rings is 2. The summed E-state index contributed by atoms with van der Waals surface area (Å²) in [6.07, 6.45) is 6.72. The van der Waals surface area contributed by atoms with Gasteiger partial charge < -0.3 is 4.74 Å². The number of halogens is 3. The fourth-order valence-corrected chi connectivity index (χ4v) is 8.32. The van der Waals surface area contributed by atoms with Crippen LogP contribution in [0, 0.1) is 28.8 Å². The molecule has 1 atom stereocenters. The van der Waals surface area contributed by atoms with Crippen molar-refractivity contribution in [2.45, 2.75) is 54.6 Å². The number of hydrogen-bond donors (Lipinski definition) is 1. The van der Waals surface area contributed by atoms with E-state index in [1.807, 2.05) is 6.08 Å². The molecule has 1 saturated heterocycles. The van der Waals surface area contributed by atoms with E-state index in [1.165, 1.54) is 30.6 Å². The summed E-state index contributed by atoms with van der Waals surface area (Å²) in [5.41, 5.74) is 7.04. The molecule has 2 aromatic carbocycles. The molecule has 1 saturated carbocycles. The van der Waals surface area contributed by atoms with Crippen LogP contribution in [0.5, 0.6) is 11.5 Å². The molecule has 6 rings (SSSR count). The summed E-state index contributed by atoms with van der Waals surface area (Å²) in [4.78, 5) is 23.7. The minimum absolute atomic E-state index is 0.0405. The van der Waals surface area contributed by atoms with E-state index in [-0.39, 0.29) is 72.6 Å². The maximum atomic E-state index is 15.5. The molecular formula is C31H28AsF3N7O2. The Hall–Kier alpha value is -4.36. The van der Waals surface area contributed by atoms with Crippen molar-refractivity contribution in [3.63, 3.8) is 0 Å². The van der Waals surface area contributed by atoms with Gasteiger partial charge >= 0.3 is 187 Å². The van der Waals surface area contributed by atoms with Crippen molar-refractivity contribution in [3.8, 4) is 28.8 Å². The van der Waals surface area contributed by atoms with Gasteiger partial charge in [0.15, 0.2) is 11.6 Å². The van der Waals surface area contributed by atoms with Gasteiger partial charge in [-0.15, -0.1) is 0 Å². The number of anilines is 1. The zero-order valence-electron chi connectivity index (χ0n) is 23.8. The van der Waals surface area contributed by atoms with Gasteiger partial charge in [-0.05, 0) is 18.2 Å². The average Bonchev–Trinajstić information content (AvgIpc) is 3.43. The van der Waals surface area contributed by atoms with E-state index in [9.17, 15) is 18.8 Å². The van der Waals surface area contributed by atoms with Crippen LogP contribution in [0.3, 0.4) is 0 Å². The fourth-order valence-electron chi connectivity index (χ4n) is 5.64. The second kappa shape index (κ2) is 12.0. The summed E-state index contributed by atoms with van der Waals surface area (Å²) in [7, 11) is 0. The molecule has 4 aromatic rings. The quantitative estimate of drug-likeness (QED) is 0.136. The summed E-state index contributed by atoms with van der Waals surface area (Å²) in [5, 5.41) is 15.9. The molecule has 1 aliphatic heterocycles. The molecule has 13 heteroatoms. The van der Waals surface area contributed by atoms with Crippen molar-refractivity contribution >= 4 is 38.5 Å². The second-order valence-corrected chi connectivity index (χ2v) is 14.7. The van der Waals surface area contributed by atoms with Crippen molar-refractivity contribution in [1.29, 1.82) is 5.26 Å². The number of nitriles is 1. The molecule has 2 aromatic heterocycles. The Morgan fingerprint density at radius 1 is 1.23 bits per heavy atom. The van der Waals surface area contributed by atoms with Crippen LogP contribution in [-0.4, -0.2) is 58.9 Å². The molecule has 225 valence electrons. The van der Waals surface area contributed by atoms with Gasteiger partial charge in [-0.2, -0.15) is 4.39 Å². The Kier molecular flexibility index (Phi) is 8.08. The van der Waals surface area contributed by atoms with Crippen LogP contribution in [0.4, 0.5) is 19.0 Å². The van der Waals surface area contributed by atoms with Gasteiger partial charge in [0.1, 0.15) is 5.75 Å². The number of nitrogen functional groups attached to an aromatic ring is 1. The summed E-state index contributed by atoms with van der Waals surface area (Å²) >= 11 is 0.0455. The Balaban J connectivity index is 1.30. The van der Waals surface area contributed by atoms with Crippen LogP contribution in [0.1, 0.15) is 32.6 Å². The molecule has 44 heavy (non-hydrogen) atoms. The fraction of sp³-hybridized carbons (Fsp3) is 0.323. The molecule has 0 spiro atoms. The van der Waals surface area contributed by atoms with E-state index in [2.05, 4.69) is 28.1 Å². The van der Waals surface area contributed by atoms with Crippen molar-refractivity contribution < 1.29 is 22.7 Å². The van der Waals surface area contributed by atoms with Crippen LogP contribution >= 0.6 is 0 Å². The first-order chi connectivity index (χ1) is 21.2. The van der Waals surface area contributed by atoms with Crippen molar-refractivity contribution in [3.05, 3.63) is 71.8 Å². The van der Waals surface area contributed by atoms with E-state index in [0.717, 1.165) is 36.6 Å². The molecule has 3 heterocycles. The third-order valence-electron chi connectivity index (χ3n) is 7.92. The molecule has 2 N–H and O–H groups in total. The monoisotopic (exact) mass is 662 g/mol. The molecule has 1 aliphatic carbocycles. The molecule has 2 fully saturated rings. The first-order valence-corrected chi connectivity index (χ1v) is 16.5. The summed E-state index contributed by atoms with van der Waals surface area (Å²) < 4.78 is 50.2. The number of ether oxygens (including phenoxy) is 1. The third-order valence-corrected chi connectivity index (χ3v) is 11.1. The number of hydrogen-bond acceptors (Lipinski definition) is 7. The molecule has 0 unspecified atom stereocenters. The van der Waals surface area contributed by atoms with Gasteiger partial charge in [0.25, 0.3) is 0 Å². The second-order valence-electron chi connectivity index (χ2n) is 10.8. The summed E-state index contributed by atoms with van der Waals surface area (Å²) in [6, 6.07) is 9.22. The standard InChI is InChI=1S/C31H28AsF3N7O2/c1-2-32-31(10-11-31)14-18(15-36)30(43)41-12-4-5-19(41)16-42-29-25(28(37)38-17-39-29)27(40-42)21-9-8-20(13-23(21)34)44-24-7-3-6-22(33)26(24)35/h3,6-9,13-14,17,19H,2,4-5,10-12,16H2,1H3,(H2,37,38,39)/t19-/m0/s1.